The van der Waals surface area contributed by atoms with Gasteiger partial charge in [0.2, 0.25) is 15.0 Å². The Hall–Kier alpha value is -1.66. The third-order valence-corrected chi connectivity index (χ3v) is 7.03. The molecule has 0 bridgehead atoms. The molecule has 0 spiro atoms. The quantitative estimate of drug-likeness (QED) is 0.726. The summed E-state index contributed by atoms with van der Waals surface area (Å²) in [5.41, 5.74) is 2.07. The molecular weight excluding hydrogens is 358 g/mol. The Balaban J connectivity index is 1.93. The lowest BCUT2D eigenvalue weighted by atomic mass is 10.0. The predicted molar refractivity (Wildman–Crippen MR) is 108 cm³/mol. The van der Waals surface area contributed by atoms with Crippen molar-refractivity contribution in [2.45, 2.75) is 51.9 Å². The zero-order valence-corrected chi connectivity index (χ0v) is 17.5. The second-order valence-electron chi connectivity index (χ2n) is 8.26. The molecule has 0 N–H and O–H groups in total. The Bertz CT molecular complexity index is 844. The van der Waals surface area contributed by atoms with Gasteiger partial charge in [-0.15, -0.1) is 0 Å². The van der Waals surface area contributed by atoms with E-state index in [2.05, 4.69) is 16.8 Å². The second-order valence-corrected chi connectivity index (χ2v) is 10.2. The molecule has 1 aromatic carbocycles. The van der Waals surface area contributed by atoms with Crippen molar-refractivity contribution in [2.75, 3.05) is 18.8 Å². The molecule has 1 aliphatic heterocycles. The molecule has 0 radical (unpaired) electrons. The molecule has 0 saturated carbocycles. The Morgan fingerprint density at radius 1 is 1.19 bits per heavy atom. The van der Waals surface area contributed by atoms with E-state index in [1.165, 1.54) is 12.8 Å². The van der Waals surface area contributed by atoms with Gasteiger partial charge in [-0.25, -0.2) is 13.4 Å². The molecule has 6 heteroatoms. The zero-order valence-electron chi connectivity index (χ0n) is 16.6. The van der Waals surface area contributed by atoms with E-state index < -0.39 is 9.84 Å². The summed E-state index contributed by atoms with van der Waals surface area (Å²) in [7, 11) is -3.41. The standard InChI is InChI=1S/C21H31N3O2S/c1-17(2)16-27(25,26)21-22-12-20(15-23-11-7-8-18(3)13-23)24(21)14-19-9-5-4-6-10-19/h4-6,9-10,12,17-18H,7-8,11,13-16H2,1-3H3. The molecule has 27 heavy (non-hydrogen) atoms. The molecule has 0 amide bonds. The van der Waals surface area contributed by atoms with Crippen LogP contribution in [0.1, 0.15) is 44.9 Å². The fourth-order valence-electron chi connectivity index (χ4n) is 3.87. The smallest absolute Gasteiger partial charge is 0.228 e. The number of benzene rings is 1. The van der Waals surface area contributed by atoms with Gasteiger partial charge in [-0.2, -0.15) is 0 Å². The lowest BCUT2D eigenvalue weighted by Gasteiger charge is -2.31. The van der Waals surface area contributed by atoms with E-state index in [0.717, 1.165) is 30.9 Å². The van der Waals surface area contributed by atoms with Crippen LogP contribution in [0.5, 0.6) is 0 Å². The molecule has 2 aromatic rings. The summed E-state index contributed by atoms with van der Waals surface area (Å²) in [6.07, 6.45) is 4.23. The van der Waals surface area contributed by atoms with Crippen LogP contribution >= 0.6 is 0 Å². The fourth-order valence-corrected chi connectivity index (χ4v) is 5.63. The Kier molecular flexibility index (Phi) is 6.37. The number of likely N-dealkylation sites (tertiary alicyclic amines) is 1. The predicted octanol–water partition coefficient (Wildman–Crippen LogP) is 3.59. The first-order valence-corrected chi connectivity index (χ1v) is 11.5. The zero-order chi connectivity index (χ0) is 19.4. The molecule has 1 saturated heterocycles. The van der Waals surface area contributed by atoms with Crippen LogP contribution in [0.15, 0.2) is 41.7 Å². The number of sulfone groups is 1. The van der Waals surface area contributed by atoms with E-state index in [1.54, 1.807) is 6.20 Å². The maximum Gasteiger partial charge on any atom is 0.228 e. The van der Waals surface area contributed by atoms with Crippen molar-refractivity contribution < 1.29 is 8.42 Å². The van der Waals surface area contributed by atoms with Gasteiger partial charge in [-0.3, -0.25) is 4.90 Å². The first-order valence-electron chi connectivity index (χ1n) is 9.88. The summed E-state index contributed by atoms with van der Waals surface area (Å²) >= 11 is 0. The molecule has 1 aromatic heterocycles. The molecule has 5 nitrogen and oxygen atoms in total. The molecule has 1 aliphatic rings. The van der Waals surface area contributed by atoms with Crippen LogP contribution in [0.4, 0.5) is 0 Å². The average molecular weight is 390 g/mol. The first kappa shape index (κ1) is 20.1. The van der Waals surface area contributed by atoms with Crippen molar-refractivity contribution in [3.05, 3.63) is 47.8 Å². The second kappa shape index (κ2) is 8.57. The monoisotopic (exact) mass is 389 g/mol. The SMILES string of the molecule is CC(C)CS(=O)(=O)c1ncc(CN2CCCC(C)C2)n1Cc1ccccc1. The van der Waals surface area contributed by atoms with Gasteiger partial charge in [-0.05, 0) is 36.8 Å². The highest BCUT2D eigenvalue weighted by molar-refractivity contribution is 7.91. The van der Waals surface area contributed by atoms with E-state index in [9.17, 15) is 8.42 Å². The lowest BCUT2D eigenvalue weighted by molar-refractivity contribution is 0.173. The number of rotatable bonds is 7. The number of aromatic nitrogens is 2. The molecule has 148 valence electrons. The molecule has 1 unspecified atom stereocenters. The number of nitrogens with zero attached hydrogens (tertiary/aromatic N) is 3. The maximum atomic E-state index is 12.9. The van der Waals surface area contributed by atoms with Crippen molar-refractivity contribution >= 4 is 9.84 Å². The molecular formula is C21H31N3O2S. The number of hydrogen-bond acceptors (Lipinski definition) is 4. The van der Waals surface area contributed by atoms with E-state index in [0.29, 0.717) is 12.5 Å². The molecule has 1 atom stereocenters. The minimum atomic E-state index is -3.41. The third kappa shape index (κ3) is 5.20. The van der Waals surface area contributed by atoms with Gasteiger partial charge in [0, 0.05) is 13.1 Å². The van der Waals surface area contributed by atoms with Gasteiger partial charge in [0.25, 0.3) is 0 Å². The van der Waals surface area contributed by atoms with Gasteiger partial charge < -0.3 is 4.57 Å². The van der Waals surface area contributed by atoms with Crippen molar-refractivity contribution in [1.29, 1.82) is 0 Å². The molecule has 3 rings (SSSR count). The number of hydrogen-bond donors (Lipinski definition) is 0. The van der Waals surface area contributed by atoms with Crippen molar-refractivity contribution in [3.63, 3.8) is 0 Å². The highest BCUT2D eigenvalue weighted by Gasteiger charge is 2.26. The number of imidazole rings is 1. The van der Waals surface area contributed by atoms with E-state index in [4.69, 9.17) is 0 Å². The van der Waals surface area contributed by atoms with Gasteiger partial charge >= 0.3 is 0 Å². The normalized spacial score (nSPS) is 18.9. The van der Waals surface area contributed by atoms with Crippen LogP contribution in [0.25, 0.3) is 0 Å². The minimum Gasteiger partial charge on any atom is -0.313 e. The third-order valence-electron chi connectivity index (χ3n) is 5.04. The van der Waals surface area contributed by atoms with Gasteiger partial charge in [0.05, 0.1) is 24.2 Å². The van der Waals surface area contributed by atoms with Crippen molar-refractivity contribution in [3.8, 4) is 0 Å². The summed E-state index contributed by atoms with van der Waals surface area (Å²) in [5, 5.41) is 0.208. The summed E-state index contributed by atoms with van der Waals surface area (Å²) in [4.78, 5) is 6.79. The highest BCUT2D eigenvalue weighted by atomic mass is 32.2. The highest BCUT2D eigenvalue weighted by Crippen LogP contribution is 2.22. The van der Waals surface area contributed by atoms with Crippen LogP contribution in [-0.2, 0) is 22.9 Å². The summed E-state index contributed by atoms with van der Waals surface area (Å²) in [6.45, 7) is 9.55. The maximum absolute atomic E-state index is 12.9. The molecule has 2 heterocycles. The average Bonchev–Trinajstić information content (AvgIpc) is 2.98. The Morgan fingerprint density at radius 3 is 2.59 bits per heavy atom. The van der Waals surface area contributed by atoms with Crippen molar-refractivity contribution in [1.82, 2.24) is 14.5 Å². The van der Waals surface area contributed by atoms with Crippen LogP contribution in [0, 0.1) is 11.8 Å². The van der Waals surface area contributed by atoms with Gasteiger partial charge in [-0.1, -0.05) is 51.1 Å². The van der Waals surface area contributed by atoms with Crippen LogP contribution in [0.2, 0.25) is 0 Å². The Morgan fingerprint density at radius 2 is 1.93 bits per heavy atom. The Labute approximate surface area is 163 Å². The van der Waals surface area contributed by atoms with E-state index in [1.807, 2.05) is 48.7 Å². The van der Waals surface area contributed by atoms with Crippen LogP contribution < -0.4 is 0 Å². The van der Waals surface area contributed by atoms with Gasteiger partial charge in [0.1, 0.15) is 0 Å². The topological polar surface area (TPSA) is 55.2 Å². The van der Waals surface area contributed by atoms with Gasteiger partial charge in [0.15, 0.2) is 0 Å². The molecule has 1 fully saturated rings. The van der Waals surface area contributed by atoms with E-state index >= 15 is 0 Å². The van der Waals surface area contributed by atoms with E-state index in [-0.39, 0.29) is 16.8 Å². The largest absolute Gasteiger partial charge is 0.313 e. The first-order chi connectivity index (χ1) is 12.8. The summed E-state index contributed by atoms with van der Waals surface area (Å²) in [6, 6.07) is 10.0. The number of piperidine rings is 1. The summed E-state index contributed by atoms with van der Waals surface area (Å²) in [5.74, 6) is 0.885. The lowest BCUT2D eigenvalue weighted by Crippen LogP contribution is -2.34. The van der Waals surface area contributed by atoms with Crippen molar-refractivity contribution in [2.24, 2.45) is 11.8 Å². The fraction of sp³-hybridized carbons (Fsp3) is 0.571. The molecule has 0 aliphatic carbocycles. The summed E-state index contributed by atoms with van der Waals surface area (Å²) < 4.78 is 27.7. The van der Waals surface area contributed by atoms with Crippen LogP contribution in [0.3, 0.4) is 0 Å². The minimum absolute atomic E-state index is 0.0725. The van der Waals surface area contributed by atoms with Crippen LogP contribution in [-0.4, -0.2) is 41.7 Å².